The molecule has 0 aromatic heterocycles. The van der Waals surface area contributed by atoms with E-state index in [0.29, 0.717) is 12.5 Å². The molecule has 2 aromatic rings. The highest BCUT2D eigenvalue weighted by molar-refractivity contribution is 5.40. The predicted molar refractivity (Wildman–Crippen MR) is 125 cm³/mol. The zero-order valence-corrected chi connectivity index (χ0v) is 19.7. The van der Waals surface area contributed by atoms with E-state index >= 15 is 0 Å². The predicted octanol–water partition coefficient (Wildman–Crippen LogP) is 7.26. The quantitative estimate of drug-likeness (QED) is 0.475. The van der Waals surface area contributed by atoms with Gasteiger partial charge >= 0.3 is 0 Å². The molecule has 2 aromatic carbocycles. The lowest BCUT2D eigenvalue weighted by atomic mass is 9.55. The average molecular weight is 453 g/mol. The minimum Gasteiger partial charge on any atom is -0.497 e. The first-order valence-electron chi connectivity index (χ1n) is 12.6. The zero-order valence-electron chi connectivity index (χ0n) is 19.7. The van der Waals surface area contributed by atoms with E-state index in [1.54, 1.807) is 12.7 Å². The maximum absolute atomic E-state index is 13.3. The molecule has 0 amide bonds. The number of hydrogen-bond donors (Lipinski definition) is 0. The van der Waals surface area contributed by atoms with Gasteiger partial charge in [0.15, 0.2) is 0 Å². The van der Waals surface area contributed by atoms with Crippen LogP contribution in [0.3, 0.4) is 0 Å². The normalized spacial score (nSPS) is 35.9. The van der Waals surface area contributed by atoms with Crippen molar-refractivity contribution in [2.75, 3.05) is 7.11 Å². The molecule has 4 heteroatoms. The second-order valence-electron chi connectivity index (χ2n) is 11.2. The van der Waals surface area contributed by atoms with Crippen LogP contribution in [0, 0.1) is 17.3 Å². The number of alkyl halides is 2. The molecule has 33 heavy (non-hydrogen) atoms. The molecule has 4 aliphatic carbocycles. The largest absolute Gasteiger partial charge is 0.497 e. The second-order valence-corrected chi connectivity index (χ2v) is 11.2. The monoisotopic (exact) mass is 452 g/mol. The molecule has 0 spiro atoms. The van der Waals surface area contributed by atoms with Gasteiger partial charge in [0.1, 0.15) is 5.75 Å². The second kappa shape index (κ2) is 7.80. The molecule has 176 valence electrons. The van der Waals surface area contributed by atoms with Crippen molar-refractivity contribution < 1.29 is 18.3 Å². The van der Waals surface area contributed by atoms with Crippen LogP contribution in [0.5, 0.6) is 5.75 Å². The Bertz CT molecular complexity index is 1030. The highest BCUT2D eigenvalue weighted by Gasteiger charge is 2.57. The summed E-state index contributed by atoms with van der Waals surface area (Å²) < 4.78 is 38.7. The van der Waals surface area contributed by atoms with E-state index in [9.17, 15) is 8.78 Å². The van der Waals surface area contributed by atoms with Gasteiger partial charge < -0.3 is 9.47 Å². The standard InChI is InChI=1S/C29H34F2O2/c1-28-14-13-23-22-10-8-21(32-2)15-20(22)7-9-24(23)25(28)11-12-27(28)33-17-18-3-5-19(6-4-18)26-16-29(26,30)31/h3-6,8,10,15,23-27H,7,9,11-14,16-17H2,1-2H3/t23-,24-,25+,26?,27+,28+/m1/s1. The van der Waals surface area contributed by atoms with E-state index in [1.165, 1.54) is 31.2 Å². The van der Waals surface area contributed by atoms with Gasteiger partial charge in [-0.2, -0.15) is 0 Å². The fourth-order valence-corrected chi connectivity index (χ4v) is 7.53. The van der Waals surface area contributed by atoms with Crippen LogP contribution in [-0.2, 0) is 17.8 Å². The summed E-state index contributed by atoms with van der Waals surface area (Å²) in [4.78, 5) is 0. The molecule has 4 aliphatic rings. The first kappa shape index (κ1) is 21.6. The Kier molecular flexibility index (Phi) is 5.10. The van der Waals surface area contributed by atoms with Gasteiger partial charge in [0, 0.05) is 6.42 Å². The third-order valence-electron chi connectivity index (χ3n) is 9.51. The van der Waals surface area contributed by atoms with Gasteiger partial charge in [0.25, 0.3) is 5.92 Å². The molecule has 3 saturated carbocycles. The first-order valence-corrected chi connectivity index (χ1v) is 12.6. The van der Waals surface area contributed by atoms with E-state index in [1.807, 2.05) is 24.3 Å². The van der Waals surface area contributed by atoms with E-state index in [2.05, 4.69) is 25.1 Å². The van der Waals surface area contributed by atoms with Gasteiger partial charge in [-0.25, -0.2) is 8.78 Å². The number of methoxy groups -OCH3 is 1. The number of fused-ring (bicyclic) bond motifs is 5. The number of halogens is 2. The maximum Gasteiger partial charge on any atom is 0.255 e. The van der Waals surface area contributed by atoms with Gasteiger partial charge in [-0.05, 0) is 96.1 Å². The van der Waals surface area contributed by atoms with Crippen LogP contribution in [0.25, 0.3) is 0 Å². The van der Waals surface area contributed by atoms with Crippen molar-refractivity contribution in [2.45, 2.75) is 82.3 Å². The molecule has 0 radical (unpaired) electrons. The van der Waals surface area contributed by atoms with E-state index in [4.69, 9.17) is 9.47 Å². The highest BCUT2D eigenvalue weighted by Crippen LogP contribution is 2.61. The Balaban J connectivity index is 1.13. The van der Waals surface area contributed by atoms with Gasteiger partial charge in [0.2, 0.25) is 0 Å². The molecule has 0 aliphatic heterocycles. The topological polar surface area (TPSA) is 18.5 Å². The Hall–Kier alpha value is -1.94. The van der Waals surface area contributed by atoms with Crippen molar-refractivity contribution in [1.29, 1.82) is 0 Å². The third kappa shape index (κ3) is 3.60. The lowest BCUT2D eigenvalue weighted by Crippen LogP contribution is -2.44. The smallest absolute Gasteiger partial charge is 0.255 e. The Morgan fingerprint density at radius 1 is 1.00 bits per heavy atom. The number of aryl methyl sites for hydroxylation is 1. The molecular weight excluding hydrogens is 418 g/mol. The molecule has 1 unspecified atom stereocenters. The summed E-state index contributed by atoms with van der Waals surface area (Å²) in [5.41, 5.74) is 5.12. The van der Waals surface area contributed by atoms with Crippen LogP contribution in [0.1, 0.15) is 79.5 Å². The molecule has 6 rings (SSSR count). The first-order chi connectivity index (χ1) is 15.9. The Labute approximate surface area is 195 Å². The zero-order chi connectivity index (χ0) is 22.8. The molecule has 0 N–H and O–H groups in total. The molecular formula is C29H34F2O2. The minimum absolute atomic E-state index is 0.00908. The van der Waals surface area contributed by atoms with Crippen LogP contribution in [0.2, 0.25) is 0 Å². The Morgan fingerprint density at radius 2 is 1.79 bits per heavy atom. The third-order valence-corrected chi connectivity index (χ3v) is 9.51. The van der Waals surface area contributed by atoms with E-state index in [-0.39, 0.29) is 17.9 Å². The van der Waals surface area contributed by atoms with Crippen molar-refractivity contribution in [3.63, 3.8) is 0 Å². The van der Waals surface area contributed by atoms with Crippen molar-refractivity contribution >= 4 is 0 Å². The van der Waals surface area contributed by atoms with Crippen molar-refractivity contribution in [1.82, 2.24) is 0 Å². The van der Waals surface area contributed by atoms with Crippen LogP contribution in [0.15, 0.2) is 42.5 Å². The SMILES string of the molecule is COc1ccc2c(c1)CC[C@@H]1[C@@H]2CC[C@]2(C)[C@@H](OCc3ccc(C4CC4(F)F)cc3)CC[C@@H]12. The minimum atomic E-state index is -2.50. The molecule has 0 saturated heterocycles. The number of benzene rings is 2. The molecule has 0 heterocycles. The average Bonchev–Trinajstić information content (AvgIpc) is 3.33. The molecule has 0 bridgehead atoms. The maximum atomic E-state index is 13.3. The van der Waals surface area contributed by atoms with E-state index < -0.39 is 11.8 Å². The fraction of sp³-hybridized carbons (Fsp3) is 0.586. The van der Waals surface area contributed by atoms with Crippen LogP contribution in [0.4, 0.5) is 8.78 Å². The lowest BCUT2D eigenvalue weighted by molar-refractivity contribution is -0.0707. The van der Waals surface area contributed by atoms with Crippen molar-refractivity contribution in [3.8, 4) is 5.75 Å². The summed E-state index contributed by atoms with van der Waals surface area (Å²) >= 11 is 0. The van der Waals surface area contributed by atoms with Gasteiger partial charge in [-0.1, -0.05) is 37.3 Å². The van der Waals surface area contributed by atoms with Crippen LogP contribution >= 0.6 is 0 Å². The van der Waals surface area contributed by atoms with Gasteiger partial charge in [-0.15, -0.1) is 0 Å². The van der Waals surface area contributed by atoms with Crippen LogP contribution in [-0.4, -0.2) is 19.1 Å². The summed E-state index contributed by atoms with van der Waals surface area (Å²) in [6.45, 7) is 3.04. The summed E-state index contributed by atoms with van der Waals surface area (Å²) in [6, 6.07) is 14.4. The van der Waals surface area contributed by atoms with Crippen molar-refractivity contribution in [3.05, 3.63) is 64.7 Å². The van der Waals surface area contributed by atoms with Crippen LogP contribution < -0.4 is 4.74 Å². The molecule has 3 fully saturated rings. The molecule has 2 nitrogen and oxygen atoms in total. The molecule has 6 atom stereocenters. The Morgan fingerprint density at radius 3 is 2.52 bits per heavy atom. The summed E-state index contributed by atoms with van der Waals surface area (Å²) in [5.74, 6) is 0.0222. The highest BCUT2D eigenvalue weighted by atomic mass is 19.3. The number of hydrogen-bond acceptors (Lipinski definition) is 2. The van der Waals surface area contributed by atoms with Gasteiger partial charge in [-0.3, -0.25) is 0 Å². The lowest BCUT2D eigenvalue weighted by Gasteiger charge is -2.50. The van der Waals surface area contributed by atoms with Gasteiger partial charge in [0.05, 0.1) is 25.7 Å². The number of rotatable bonds is 5. The summed E-state index contributed by atoms with van der Waals surface area (Å²) in [6.07, 6.45) is 7.53. The summed E-state index contributed by atoms with van der Waals surface area (Å²) in [5, 5.41) is 0. The fourth-order valence-electron chi connectivity index (χ4n) is 7.53. The van der Waals surface area contributed by atoms with E-state index in [0.717, 1.165) is 41.6 Å². The summed E-state index contributed by atoms with van der Waals surface area (Å²) in [7, 11) is 1.75. The van der Waals surface area contributed by atoms with Crippen molar-refractivity contribution in [2.24, 2.45) is 17.3 Å². The number of ether oxygens (including phenoxy) is 2.